The predicted octanol–water partition coefficient (Wildman–Crippen LogP) is 3.27. The molecule has 2 N–H and O–H groups in total. The highest BCUT2D eigenvalue weighted by atomic mass is 19.4. The minimum absolute atomic E-state index is 0.0631. The number of hydrogen-bond donors (Lipinski definition) is 2. The van der Waals surface area contributed by atoms with Crippen molar-refractivity contribution in [3.05, 3.63) is 65.2 Å². The lowest BCUT2D eigenvalue weighted by Crippen LogP contribution is -2.68. The van der Waals surface area contributed by atoms with E-state index in [2.05, 4.69) is 10.6 Å². The Kier molecular flexibility index (Phi) is 6.01. The summed E-state index contributed by atoms with van der Waals surface area (Å²) in [5.74, 6) is -2.79. The fourth-order valence-electron chi connectivity index (χ4n) is 6.42. The van der Waals surface area contributed by atoms with Crippen LogP contribution >= 0.6 is 0 Å². The Morgan fingerprint density at radius 2 is 1.90 bits per heavy atom. The number of rotatable bonds is 5. The second-order valence-corrected chi connectivity index (χ2v) is 10.3. The molecule has 3 saturated heterocycles. The Hall–Kier alpha value is -3.95. The number of benzene rings is 2. The molecule has 0 aromatic heterocycles. The predicted molar refractivity (Wildman–Crippen MR) is 130 cm³/mol. The molecule has 2 aromatic carbocycles. The number of fused-ring (bicyclic) bond motifs is 5. The molecule has 3 fully saturated rings. The van der Waals surface area contributed by atoms with E-state index in [-0.39, 0.29) is 18.7 Å². The fourth-order valence-corrected chi connectivity index (χ4v) is 6.42. The van der Waals surface area contributed by atoms with Crippen LogP contribution in [0.3, 0.4) is 0 Å². The molecule has 204 valence electrons. The number of nitrogens with zero attached hydrogens (tertiary/aromatic N) is 2. The van der Waals surface area contributed by atoms with E-state index in [1.54, 1.807) is 13.8 Å². The van der Waals surface area contributed by atoms with Crippen molar-refractivity contribution in [3.8, 4) is 6.07 Å². The monoisotopic (exact) mass is 542 g/mol. The average molecular weight is 543 g/mol. The molecule has 3 aliphatic rings. The summed E-state index contributed by atoms with van der Waals surface area (Å²) >= 11 is 0. The number of imide groups is 1. The molecule has 3 heterocycles. The lowest BCUT2D eigenvalue weighted by Gasteiger charge is -2.42. The summed E-state index contributed by atoms with van der Waals surface area (Å²) in [6, 6.07) is 13.3. The van der Waals surface area contributed by atoms with Crippen LogP contribution in [0.1, 0.15) is 37.0 Å². The van der Waals surface area contributed by atoms with Gasteiger partial charge >= 0.3 is 12.3 Å². The van der Waals surface area contributed by atoms with Gasteiger partial charge < -0.3 is 20.1 Å². The Morgan fingerprint density at radius 1 is 1.21 bits per heavy atom. The van der Waals surface area contributed by atoms with Crippen LogP contribution in [-0.4, -0.2) is 47.8 Å². The largest absolute Gasteiger partial charge is 0.443 e. The molecule has 3 aliphatic heterocycles. The number of nitrogens with one attached hydrogen (secondary N) is 2. The highest BCUT2D eigenvalue weighted by Gasteiger charge is 2.84. The molecule has 2 aromatic rings. The smallest absolute Gasteiger partial charge is 0.417 e. The number of likely N-dealkylation sites (N-methyl/N-ethyl adjacent to an activating group) is 1. The molecular formula is C27H25F3N4O5. The highest BCUT2D eigenvalue weighted by molar-refractivity contribution is 6.27. The van der Waals surface area contributed by atoms with E-state index in [1.807, 2.05) is 30.3 Å². The van der Waals surface area contributed by atoms with Crippen molar-refractivity contribution in [2.75, 3.05) is 11.9 Å². The molecule has 12 heteroatoms. The van der Waals surface area contributed by atoms with Gasteiger partial charge in [-0.1, -0.05) is 30.3 Å². The minimum Gasteiger partial charge on any atom is -0.443 e. The van der Waals surface area contributed by atoms with Crippen LogP contribution in [0.4, 0.5) is 23.7 Å². The number of carbonyl (C=O) groups excluding carboxylic acids is 3. The summed E-state index contributed by atoms with van der Waals surface area (Å²) in [4.78, 5) is 41.1. The van der Waals surface area contributed by atoms with Crippen LogP contribution in [0.5, 0.6) is 0 Å². The normalized spacial score (nSPS) is 31.3. The molecule has 3 amide bonds. The van der Waals surface area contributed by atoms with Gasteiger partial charge in [0.15, 0.2) is 0 Å². The van der Waals surface area contributed by atoms with Gasteiger partial charge in [-0.05, 0) is 44.7 Å². The molecule has 3 unspecified atom stereocenters. The average Bonchev–Trinajstić information content (AvgIpc) is 3.38. The molecule has 5 atom stereocenters. The second-order valence-electron chi connectivity index (χ2n) is 10.3. The minimum atomic E-state index is -4.88. The Balaban J connectivity index is 1.46. The first kappa shape index (κ1) is 26.6. The van der Waals surface area contributed by atoms with Gasteiger partial charge in [-0.15, -0.1) is 0 Å². The summed E-state index contributed by atoms with van der Waals surface area (Å²) in [5, 5.41) is 14.7. The van der Waals surface area contributed by atoms with Crippen LogP contribution in [-0.2, 0) is 31.8 Å². The number of anilines is 1. The van der Waals surface area contributed by atoms with Crippen molar-refractivity contribution in [1.82, 2.24) is 10.6 Å². The molecule has 2 bridgehead atoms. The summed E-state index contributed by atoms with van der Waals surface area (Å²) < 4.78 is 52.9. The van der Waals surface area contributed by atoms with E-state index >= 15 is 0 Å². The van der Waals surface area contributed by atoms with Crippen LogP contribution < -0.4 is 15.5 Å². The van der Waals surface area contributed by atoms with Gasteiger partial charge in [0.2, 0.25) is 5.91 Å². The van der Waals surface area contributed by atoms with Crippen molar-refractivity contribution in [2.45, 2.75) is 55.8 Å². The van der Waals surface area contributed by atoms with Gasteiger partial charge in [-0.3, -0.25) is 9.59 Å². The van der Waals surface area contributed by atoms with E-state index in [0.717, 1.165) is 17.7 Å². The maximum Gasteiger partial charge on any atom is 0.417 e. The zero-order valence-electron chi connectivity index (χ0n) is 21.3. The first-order valence-corrected chi connectivity index (χ1v) is 12.2. The third-order valence-electron chi connectivity index (χ3n) is 8.12. The maximum absolute atomic E-state index is 13.9. The maximum atomic E-state index is 13.9. The van der Waals surface area contributed by atoms with Gasteiger partial charge in [0.25, 0.3) is 5.91 Å². The molecule has 0 spiro atoms. The van der Waals surface area contributed by atoms with E-state index in [1.165, 1.54) is 13.1 Å². The van der Waals surface area contributed by atoms with Crippen molar-refractivity contribution < 1.29 is 37.0 Å². The Bertz CT molecular complexity index is 1410. The number of halogens is 3. The van der Waals surface area contributed by atoms with Crippen LogP contribution in [0.15, 0.2) is 48.5 Å². The zero-order valence-corrected chi connectivity index (χ0v) is 21.3. The third kappa shape index (κ3) is 3.71. The van der Waals surface area contributed by atoms with Gasteiger partial charge in [0.1, 0.15) is 23.2 Å². The highest BCUT2D eigenvalue weighted by Crippen LogP contribution is 2.63. The lowest BCUT2D eigenvalue weighted by atomic mass is 9.62. The van der Waals surface area contributed by atoms with Crippen molar-refractivity contribution in [3.63, 3.8) is 0 Å². The lowest BCUT2D eigenvalue weighted by molar-refractivity contribution is -0.138. The fraction of sp³-hybridized carbons (Fsp3) is 0.407. The van der Waals surface area contributed by atoms with Crippen LogP contribution in [0, 0.1) is 17.2 Å². The van der Waals surface area contributed by atoms with Gasteiger partial charge in [0, 0.05) is 13.0 Å². The number of amides is 3. The number of alkyl halides is 3. The standard InChI is InChI=1S/C27H25F3N4O5/c1-24-12-19(38-23(37)33-14-15-7-5-4-6-8-15)25(2,39-24)20-21(35)34(22(36)26(20,24)32-3)17-10-9-16(13-31)18(11-17)27(28,29)30/h4-11,19-20,32H,12,14H2,1-3H3,(H,33,37)/t19-,20?,24?,25?,26+/m1/s1. The molecule has 39 heavy (non-hydrogen) atoms. The molecule has 0 radical (unpaired) electrons. The Labute approximate surface area is 221 Å². The van der Waals surface area contributed by atoms with Gasteiger partial charge in [-0.25, -0.2) is 9.69 Å². The van der Waals surface area contributed by atoms with Crippen molar-refractivity contribution in [1.29, 1.82) is 5.26 Å². The van der Waals surface area contributed by atoms with Crippen LogP contribution in [0.2, 0.25) is 0 Å². The molecule has 9 nitrogen and oxygen atoms in total. The quantitative estimate of drug-likeness (QED) is 0.557. The number of carbonyl (C=O) groups is 3. The number of ether oxygens (including phenoxy) is 2. The zero-order chi connectivity index (χ0) is 28.4. The second kappa shape index (κ2) is 8.79. The van der Waals surface area contributed by atoms with Crippen LogP contribution in [0.25, 0.3) is 0 Å². The van der Waals surface area contributed by atoms with E-state index in [0.29, 0.717) is 11.0 Å². The Morgan fingerprint density at radius 3 is 2.51 bits per heavy atom. The summed E-state index contributed by atoms with van der Waals surface area (Å²) in [6.45, 7) is 3.38. The summed E-state index contributed by atoms with van der Waals surface area (Å²) in [5.41, 5.74) is -5.76. The van der Waals surface area contributed by atoms with Crippen molar-refractivity contribution in [2.24, 2.45) is 5.92 Å². The van der Waals surface area contributed by atoms with Gasteiger partial charge in [0.05, 0.1) is 28.5 Å². The van der Waals surface area contributed by atoms with Crippen molar-refractivity contribution >= 4 is 23.6 Å². The van der Waals surface area contributed by atoms with E-state index in [9.17, 15) is 27.6 Å². The van der Waals surface area contributed by atoms with E-state index < -0.39 is 64.0 Å². The summed E-state index contributed by atoms with van der Waals surface area (Å²) in [7, 11) is 1.47. The SMILES string of the molecule is CN[C@]12C(=O)N(c3ccc(C#N)c(C(F)(F)F)c3)C(=O)C1C1(C)OC2(C)C[C@H]1OC(=O)NCc1ccccc1. The number of alkyl carbamates (subject to hydrolysis) is 1. The first-order chi connectivity index (χ1) is 18.3. The number of hydrogen-bond acceptors (Lipinski definition) is 7. The van der Waals surface area contributed by atoms with Gasteiger partial charge in [-0.2, -0.15) is 18.4 Å². The third-order valence-corrected chi connectivity index (χ3v) is 8.12. The summed E-state index contributed by atoms with van der Waals surface area (Å²) in [6.07, 6.45) is -6.48. The first-order valence-electron chi connectivity index (χ1n) is 12.2. The van der Waals surface area contributed by atoms with E-state index in [4.69, 9.17) is 14.7 Å². The molecule has 5 rings (SSSR count). The molecule has 0 aliphatic carbocycles. The number of nitriles is 1. The molecule has 0 saturated carbocycles. The topological polar surface area (TPSA) is 121 Å². The molecular weight excluding hydrogens is 517 g/mol.